The zero-order valence-corrected chi connectivity index (χ0v) is 9.08. The van der Waals surface area contributed by atoms with Gasteiger partial charge in [-0.2, -0.15) is 0 Å². The van der Waals surface area contributed by atoms with Crippen molar-refractivity contribution < 1.29 is 0 Å². The molecule has 0 radical (unpaired) electrons. The molecule has 1 rings (SSSR count). The standard InChI is InChI=1S/C13H21N/c1-2-7-13(14)11-6-10-12-8-4-3-5-9-12/h2,6-7,10-12H,3-5,8-9,14H2,1H3/b7-2-,10-6+,13-11+. The number of nitrogens with two attached hydrogens (primary N) is 1. The van der Waals surface area contributed by atoms with E-state index in [1.807, 2.05) is 25.2 Å². The highest BCUT2D eigenvalue weighted by Gasteiger charge is 2.08. The van der Waals surface area contributed by atoms with Gasteiger partial charge >= 0.3 is 0 Å². The van der Waals surface area contributed by atoms with Gasteiger partial charge < -0.3 is 5.73 Å². The van der Waals surface area contributed by atoms with Gasteiger partial charge in [-0.05, 0) is 37.8 Å². The molecule has 78 valence electrons. The van der Waals surface area contributed by atoms with Gasteiger partial charge in [0.1, 0.15) is 0 Å². The van der Waals surface area contributed by atoms with Crippen molar-refractivity contribution in [2.45, 2.75) is 39.0 Å². The third-order valence-electron chi connectivity index (χ3n) is 2.68. The number of hydrogen-bond acceptors (Lipinski definition) is 1. The molecule has 0 heterocycles. The largest absolute Gasteiger partial charge is 0.399 e. The molecule has 0 amide bonds. The van der Waals surface area contributed by atoms with Crippen LogP contribution in [0.15, 0.2) is 36.1 Å². The Balaban J connectivity index is 2.34. The van der Waals surface area contributed by atoms with Gasteiger partial charge in [0, 0.05) is 5.70 Å². The van der Waals surface area contributed by atoms with E-state index in [0.29, 0.717) is 0 Å². The molecule has 1 heteroatoms. The Bertz CT molecular complexity index is 230. The minimum atomic E-state index is 0.790. The molecule has 1 nitrogen and oxygen atoms in total. The molecule has 1 aliphatic rings. The van der Waals surface area contributed by atoms with Gasteiger partial charge in [0.05, 0.1) is 0 Å². The Morgan fingerprint density at radius 2 is 1.93 bits per heavy atom. The lowest BCUT2D eigenvalue weighted by Gasteiger charge is -2.17. The van der Waals surface area contributed by atoms with Gasteiger partial charge in [-0.25, -0.2) is 0 Å². The second kappa shape index (κ2) is 6.47. The number of allylic oxidation sites excluding steroid dienone is 5. The average molecular weight is 191 g/mol. The van der Waals surface area contributed by atoms with E-state index < -0.39 is 0 Å². The van der Waals surface area contributed by atoms with Crippen LogP contribution in [0.3, 0.4) is 0 Å². The van der Waals surface area contributed by atoms with Gasteiger partial charge in [-0.1, -0.05) is 37.5 Å². The van der Waals surface area contributed by atoms with E-state index in [9.17, 15) is 0 Å². The van der Waals surface area contributed by atoms with E-state index in [1.165, 1.54) is 32.1 Å². The first-order valence-corrected chi connectivity index (χ1v) is 5.59. The molecule has 0 bridgehead atoms. The number of rotatable bonds is 3. The van der Waals surface area contributed by atoms with E-state index >= 15 is 0 Å². The van der Waals surface area contributed by atoms with Crippen LogP contribution in [0.2, 0.25) is 0 Å². The van der Waals surface area contributed by atoms with Crippen molar-refractivity contribution in [3.63, 3.8) is 0 Å². The summed E-state index contributed by atoms with van der Waals surface area (Å²) in [5.74, 6) is 0.790. The van der Waals surface area contributed by atoms with Crippen molar-refractivity contribution in [3.8, 4) is 0 Å². The average Bonchev–Trinajstić information content (AvgIpc) is 2.20. The van der Waals surface area contributed by atoms with Crippen LogP contribution in [0.1, 0.15) is 39.0 Å². The van der Waals surface area contributed by atoms with Gasteiger partial charge in [-0.15, -0.1) is 0 Å². The Kier molecular flexibility index (Phi) is 5.13. The lowest BCUT2D eigenvalue weighted by atomic mass is 9.89. The maximum atomic E-state index is 5.72. The molecule has 0 atom stereocenters. The van der Waals surface area contributed by atoms with Crippen LogP contribution >= 0.6 is 0 Å². The highest BCUT2D eigenvalue weighted by atomic mass is 14.5. The molecule has 0 aromatic heterocycles. The Hall–Kier alpha value is -0.980. The maximum absolute atomic E-state index is 5.72. The van der Waals surface area contributed by atoms with E-state index in [-0.39, 0.29) is 0 Å². The molecular weight excluding hydrogens is 170 g/mol. The summed E-state index contributed by atoms with van der Waals surface area (Å²) in [4.78, 5) is 0. The summed E-state index contributed by atoms with van der Waals surface area (Å²) in [7, 11) is 0. The minimum Gasteiger partial charge on any atom is -0.399 e. The van der Waals surface area contributed by atoms with Gasteiger partial charge in [0.25, 0.3) is 0 Å². The monoisotopic (exact) mass is 191 g/mol. The first-order chi connectivity index (χ1) is 6.83. The van der Waals surface area contributed by atoms with Crippen molar-refractivity contribution in [2.24, 2.45) is 11.7 Å². The molecule has 0 saturated heterocycles. The molecule has 0 unspecified atom stereocenters. The van der Waals surface area contributed by atoms with Crippen LogP contribution in [0.25, 0.3) is 0 Å². The van der Waals surface area contributed by atoms with Crippen molar-refractivity contribution in [1.29, 1.82) is 0 Å². The Labute approximate surface area is 87.4 Å². The predicted molar refractivity (Wildman–Crippen MR) is 62.8 cm³/mol. The van der Waals surface area contributed by atoms with Crippen molar-refractivity contribution >= 4 is 0 Å². The fourth-order valence-electron chi connectivity index (χ4n) is 1.90. The SMILES string of the molecule is C\C=C/C(N)=C\C=C\C1CCCCC1. The van der Waals surface area contributed by atoms with Crippen molar-refractivity contribution in [2.75, 3.05) is 0 Å². The summed E-state index contributed by atoms with van der Waals surface area (Å²) in [5, 5.41) is 0. The van der Waals surface area contributed by atoms with Crippen molar-refractivity contribution in [1.82, 2.24) is 0 Å². The summed E-state index contributed by atoms with van der Waals surface area (Å²) in [5.41, 5.74) is 6.56. The van der Waals surface area contributed by atoms with Crippen molar-refractivity contribution in [3.05, 3.63) is 36.1 Å². The third-order valence-corrected chi connectivity index (χ3v) is 2.68. The predicted octanol–water partition coefficient (Wildman–Crippen LogP) is 3.54. The van der Waals surface area contributed by atoms with E-state index in [2.05, 4.69) is 12.2 Å². The minimum absolute atomic E-state index is 0.790. The summed E-state index contributed by atoms with van der Waals surface area (Å²) in [6.07, 6.45) is 17.2. The molecule has 1 aliphatic carbocycles. The molecule has 0 aromatic rings. The van der Waals surface area contributed by atoms with Crippen LogP contribution in [-0.2, 0) is 0 Å². The molecule has 0 aromatic carbocycles. The van der Waals surface area contributed by atoms with Crippen LogP contribution in [0.5, 0.6) is 0 Å². The summed E-state index contributed by atoms with van der Waals surface area (Å²) >= 11 is 0. The maximum Gasteiger partial charge on any atom is 0.0310 e. The second-order valence-corrected chi connectivity index (χ2v) is 3.95. The molecule has 1 saturated carbocycles. The van der Waals surface area contributed by atoms with E-state index in [4.69, 9.17) is 5.73 Å². The fraction of sp³-hybridized carbons (Fsp3) is 0.538. The molecular formula is C13H21N. The quantitative estimate of drug-likeness (QED) is 0.678. The molecule has 1 fully saturated rings. The number of hydrogen-bond donors (Lipinski definition) is 1. The normalized spacial score (nSPS) is 21.1. The topological polar surface area (TPSA) is 26.0 Å². The summed E-state index contributed by atoms with van der Waals surface area (Å²) in [6.45, 7) is 1.98. The fourth-order valence-corrected chi connectivity index (χ4v) is 1.90. The van der Waals surface area contributed by atoms with E-state index in [1.54, 1.807) is 0 Å². The van der Waals surface area contributed by atoms with Gasteiger partial charge in [-0.3, -0.25) is 0 Å². The summed E-state index contributed by atoms with van der Waals surface area (Å²) in [6, 6.07) is 0. The Morgan fingerprint density at radius 3 is 2.57 bits per heavy atom. The zero-order chi connectivity index (χ0) is 10.2. The lowest BCUT2D eigenvalue weighted by molar-refractivity contribution is 0.419. The van der Waals surface area contributed by atoms with Crippen LogP contribution < -0.4 is 5.73 Å². The van der Waals surface area contributed by atoms with Gasteiger partial charge in [0.15, 0.2) is 0 Å². The lowest BCUT2D eigenvalue weighted by Crippen LogP contribution is -2.02. The van der Waals surface area contributed by atoms with Crippen LogP contribution in [-0.4, -0.2) is 0 Å². The Morgan fingerprint density at radius 1 is 1.21 bits per heavy atom. The van der Waals surface area contributed by atoms with Gasteiger partial charge in [0.2, 0.25) is 0 Å². The molecule has 14 heavy (non-hydrogen) atoms. The van der Waals surface area contributed by atoms with E-state index in [0.717, 1.165) is 11.6 Å². The first-order valence-electron chi connectivity index (χ1n) is 5.59. The van der Waals surface area contributed by atoms with Crippen LogP contribution in [0.4, 0.5) is 0 Å². The first kappa shape index (κ1) is 11.1. The smallest absolute Gasteiger partial charge is 0.0310 e. The van der Waals surface area contributed by atoms with Crippen LogP contribution in [0, 0.1) is 5.92 Å². The second-order valence-electron chi connectivity index (χ2n) is 3.95. The molecule has 0 aliphatic heterocycles. The molecule has 2 N–H and O–H groups in total. The highest BCUT2D eigenvalue weighted by Crippen LogP contribution is 2.24. The third kappa shape index (κ3) is 4.31. The zero-order valence-electron chi connectivity index (χ0n) is 9.08. The molecule has 0 spiro atoms. The summed E-state index contributed by atoms with van der Waals surface area (Å²) < 4.78 is 0. The highest BCUT2D eigenvalue weighted by molar-refractivity contribution is 5.20.